The molecule has 1 aromatic heterocycles. The number of carbonyl (C=O) groups is 1. The number of aromatic nitrogens is 1. The van der Waals surface area contributed by atoms with Gasteiger partial charge in [-0.25, -0.2) is 4.98 Å². The predicted molar refractivity (Wildman–Crippen MR) is 49.5 cm³/mol. The van der Waals surface area contributed by atoms with Gasteiger partial charge >= 0.3 is 0 Å². The zero-order chi connectivity index (χ0) is 9.14. The summed E-state index contributed by atoms with van der Waals surface area (Å²) in [6.07, 6.45) is 0. The molecule has 0 aromatic carbocycles. The molecule has 0 fully saturated rings. The summed E-state index contributed by atoms with van der Waals surface area (Å²) in [5.41, 5.74) is 0.557. The van der Waals surface area contributed by atoms with Crippen LogP contribution in [0.25, 0.3) is 0 Å². The molecule has 1 heterocycles. The van der Waals surface area contributed by atoms with Crippen molar-refractivity contribution in [1.29, 1.82) is 0 Å². The van der Waals surface area contributed by atoms with Crippen molar-refractivity contribution in [3.05, 3.63) is 16.1 Å². The quantitative estimate of drug-likeness (QED) is 0.698. The summed E-state index contributed by atoms with van der Waals surface area (Å²) in [5.74, 6) is 0.00171. The zero-order valence-corrected chi connectivity index (χ0v) is 8.31. The van der Waals surface area contributed by atoms with Gasteiger partial charge in [-0.15, -0.1) is 11.3 Å². The van der Waals surface area contributed by atoms with E-state index in [2.05, 4.69) is 4.98 Å². The highest BCUT2D eigenvalue weighted by atomic mass is 32.1. The molecule has 0 saturated carbocycles. The molecule has 1 amide bonds. The van der Waals surface area contributed by atoms with Crippen LogP contribution in [-0.4, -0.2) is 29.4 Å². The Bertz CT molecular complexity index is 282. The Balaban J connectivity index is 2.78. The fraction of sp³-hybridized carbons (Fsp3) is 0.500. The molecule has 0 aliphatic carbocycles. The van der Waals surface area contributed by atoms with E-state index in [1.54, 1.807) is 17.3 Å². The Morgan fingerprint density at radius 3 is 2.83 bits per heavy atom. The first-order valence-corrected chi connectivity index (χ1v) is 4.70. The number of hydrogen-bond acceptors (Lipinski definition) is 3. The van der Waals surface area contributed by atoms with Crippen LogP contribution in [0.15, 0.2) is 5.38 Å². The van der Waals surface area contributed by atoms with Gasteiger partial charge in [0.15, 0.2) is 0 Å². The van der Waals surface area contributed by atoms with Gasteiger partial charge in [-0.3, -0.25) is 4.79 Å². The van der Waals surface area contributed by atoms with Gasteiger partial charge in [0.25, 0.3) is 5.91 Å². The summed E-state index contributed by atoms with van der Waals surface area (Å²) in [6.45, 7) is 4.56. The Labute approximate surface area is 76.0 Å². The second-order valence-corrected chi connectivity index (χ2v) is 3.63. The molecule has 4 heteroatoms. The second kappa shape index (κ2) is 3.67. The van der Waals surface area contributed by atoms with Crippen LogP contribution in [0.3, 0.4) is 0 Å². The average molecular weight is 184 g/mol. The highest BCUT2D eigenvalue weighted by Crippen LogP contribution is 2.09. The molecule has 0 bridgehead atoms. The first kappa shape index (κ1) is 9.19. The third-order valence-corrected chi connectivity index (χ3v) is 2.43. The third-order valence-electron chi connectivity index (χ3n) is 1.66. The molecule has 0 radical (unpaired) electrons. The lowest BCUT2D eigenvalue weighted by molar-refractivity contribution is 0.0797. The average Bonchev–Trinajstić information content (AvgIpc) is 2.49. The molecule has 0 saturated heterocycles. The van der Waals surface area contributed by atoms with E-state index in [-0.39, 0.29) is 5.91 Å². The Hall–Kier alpha value is -0.900. The van der Waals surface area contributed by atoms with Crippen LogP contribution in [0.1, 0.15) is 22.4 Å². The number of aryl methyl sites for hydroxylation is 1. The number of nitrogens with zero attached hydrogens (tertiary/aromatic N) is 2. The van der Waals surface area contributed by atoms with Gasteiger partial charge in [-0.2, -0.15) is 0 Å². The Morgan fingerprint density at radius 2 is 2.42 bits per heavy atom. The van der Waals surface area contributed by atoms with Crippen molar-refractivity contribution >= 4 is 17.2 Å². The first-order chi connectivity index (χ1) is 5.65. The van der Waals surface area contributed by atoms with Crippen LogP contribution in [0.2, 0.25) is 0 Å². The fourth-order valence-electron chi connectivity index (χ4n) is 0.801. The van der Waals surface area contributed by atoms with Crippen LogP contribution in [0, 0.1) is 6.92 Å². The van der Waals surface area contributed by atoms with E-state index < -0.39 is 0 Å². The van der Waals surface area contributed by atoms with Gasteiger partial charge in [0.2, 0.25) is 0 Å². The number of thiazole rings is 1. The van der Waals surface area contributed by atoms with E-state index in [4.69, 9.17) is 0 Å². The summed E-state index contributed by atoms with van der Waals surface area (Å²) in [5, 5.41) is 2.73. The monoisotopic (exact) mass is 184 g/mol. The zero-order valence-electron chi connectivity index (χ0n) is 7.50. The predicted octanol–water partition coefficient (Wildman–Crippen LogP) is 1.54. The summed E-state index contributed by atoms with van der Waals surface area (Å²) in [4.78, 5) is 17.2. The fourth-order valence-corrected chi connectivity index (χ4v) is 1.39. The van der Waals surface area contributed by atoms with Crippen LogP contribution in [0.4, 0.5) is 0 Å². The standard InChI is InChI=1S/C8H12N2OS/c1-4-10(3)8(11)7-5-12-6(2)9-7/h5H,4H2,1-3H3. The van der Waals surface area contributed by atoms with Gasteiger partial charge in [0.1, 0.15) is 5.69 Å². The smallest absolute Gasteiger partial charge is 0.273 e. The molecule has 0 aliphatic heterocycles. The van der Waals surface area contributed by atoms with E-state index in [1.807, 2.05) is 13.8 Å². The number of rotatable bonds is 2. The Morgan fingerprint density at radius 1 is 1.75 bits per heavy atom. The molecular weight excluding hydrogens is 172 g/mol. The topological polar surface area (TPSA) is 33.2 Å². The summed E-state index contributed by atoms with van der Waals surface area (Å²) in [6, 6.07) is 0. The molecule has 3 nitrogen and oxygen atoms in total. The molecule has 0 spiro atoms. The van der Waals surface area contributed by atoms with Gasteiger partial charge in [-0.05, 0) is 13.8 Å². The molecular formula is C8H12N2OS. The van der Waals surface area contributed by atoms with Gasteiger partial charge in [0.05, 0.1) is 5.01 Å². The number of amides is 1. The maximum Gasteiger partial charge on any atom is 0.273 e. The van der Waals surface area contributed by atoms with Crippen molar-refractivity contribution in [3.8, 4) is 0 Å². The lowest BCUT2D eigenvalue weighted by Crippen LogP contribution is -2.26. The maximum absolute atomic E-state index is 11.5. The molecule has 66 valence electrons. The lowest BCUT2D eigenvalue weighted by Gasteiger charge is -2.11. The highest BCUT2D eigenvalue weighted by molar-refractivity contribution is 7.09. The minimum Gasteiger partial charge on any atom is -0.341 e. The van der Waals surface area contributed by atoms with Crippen molar-refractivity contribution < 1.29 is 4.79 Å². The largest absolute Gasteiger partial charge is 0.341 e. The van der Waals surface area contributed by atoms with E-state index in [1.165, 1.54) is 11.3 Å². The third kappa shape index (κ3) is 1.82. The van der Waals surface area contributed by atoms with Crippen molar-refractivity contribution in [3.63, 3.8) is 0 Å². The van der Waals surface area contributed by atoms with Crippen LogP contribution < -0.4 is 0 Å². The number of carbonyl (C=O) groups excluding carboxylic acids is 1. The van der Waals surface area contributed by atoms with Gasteiger partial charge in [0, 0.05) is 19.0 Å². The Kier molecular flexibility index (Phi) is 2.81. The van der Waals surface area contributed by atoms with Crippen LogP contribution in [-0.2, 0) is 0 Å². The maximum atomic E-state index is 11.5. The molecule has 0 unspecified atom stereocenters. The SMILES string of the molecule is CCN(C)C(=O)c1csc(C)n1. The van der Waals surface area contributed by atoms with Crippen molar-refractivity contribution in [2.45, 2.75) is 13.8 Å². The van der Waals surface area contributed by atoms with Gasteiger partial charge < -0.3 is 4.90 Å². The minimum absolute atomic E-state index is 0.00171. The van der Waals surface area contributed by atoms with Crippen molar-refractivity contribution in [2.24, 2.45) is 0 Å². The lowest BCUT2D eigenvalue weighted by atomic mass is 10.4. The molecule has 1 rings (SSSR count). The normalized spacial score (nSPS) is 9.92. The molecule has 0 atom stereocenters. The van der Waals surface area contributed by atoms with E-state index in [0.717, 1.165) is 11.6 Å². The number of hydrogen-bond donors (Lipinski definition) is 0. The molecule has 1 aromatic rings. The van der Waals surface area contributed by atoms with Crippen molar-refractivity contribution in [1.82, 2.24) is 9.88 Å². The van der Waals surface area contributed by atoms with Gasteiger partial charge in [-0.1, -0.05) is 0 Å². The molecule has 0 N–H and O–H groups in total. The van der Waals surface area contributed by atoms with E-state index >= 15 is 0 Å². The summed E-state index contributed by atoms with van der Waals surface area (Å²) in [7, 11) is 1.77. The highest BCUT2D eigenvalue weighted by Gasteiger charge is 2.12. The van der Waals surface area contributed by atoms with Crippen LogP contribution >= 0.6 is 11.3 Å². The molecule has 12 heavy (non-hydrogen) atoms. The summed E-state index contributed by atoms with van der Waals surface area (Å²) < 4.78 is 0. The van der Waals surface area contributed by atoms with E-state index in [0.29, 0.717) is 5.69 Å². The molecule has 0 aliphatic rings. The van der Waals surface area contributed by atoms with E-state index in [9.17, 15) is 4.79 Å². The minimum atomic E-state index is 0.00171. The summed E-state index contributed by atoms with van der Waals surface area (Å²) >= 11 is 1.50. The first-order valence-electron chi connectivity index (χ1n) is 3.82. The van der Waals surface area contributed by atoms with Crippen LogP contribution in [0.5, 0.6) is 0 Å². The second-order valence-electron chi connectivity index (χ2n) is 2.57. The van der Waals surface area contributed by atoms with Crippen molar-refractivity contribution in [2.75, 3.05) is 13.6 Å².